The Bertz CT molecular complexity index is 519. The molecule has 144 valence electrons. The first-order valence-corrected chi connectivity index (χ1v) is 12.3. The summed E-state index contributed by atoms with van der Waals surface area (Å²) in [4.78, 5) is 26.4. The molecule has 0 unspecified atom stereocenters. The minimum Gasteiger partial charge on any atom is -0.547 e. The zero-order valence-corrected chi connectivity index (χ0v) is 18.2. The highest BCUT2D eigenvalue weighted by Crippen LogP contribution is 2.40. The van der Waals surface area contributed by atoms with Crippen LogP contribution in [0.2, 0.25) is 18.1 Å². The van der Waals surface area contributed by atoms with Crippen molar-refractivity contribution in [1.82, 2.24) is 10.2 Å². The zero-order chi connectivity index (χ0) is 19.4. The maximum atomic E-state index is 13.0. The fourth-order valence-corrected chi connectivity index (χ4v) is 4.01. The van der Waals surface area contributed by atoms with Gasteiger partial charge in [0.25, 0.3) is 0 Å². The van der Waals surface area contributed by atoms with E-state index in [1.807, 2.05) is 18.7 Å². The number of hydrogen-bond donors (Lipinski definition) is 1. The summed E-state index contributed by atoms with van der Waals surface area (Å²) >= 11 is 0. The van der Waals surface area contributed by atoms with Gasteiger partial charge in [-0.2, -0.15) is 0 Å². The second-order valence-corrected chi connectivity index (χ2v) is 13.1. The highest BCUT2D eigenvalue weighted by molar-refractivity contribution is 6.74. The number of hydrogen-bond acceptors (Lipinski definition) is 3. The quantitative estimate of drug-likeness (QED) is 0.728. The van der Waals surface area contributed by atoms with Crippen LogP contribution in [0.4, 0.5) is 0 Å². The van der Waals surface area contributed by atoms with Crippen molar-refractivity contribution in [2.75, 3.05) is 13.1 Å². The predicted molar refractivity (Wildman–Crippen MR) is 105 cm³/mol. The van der Waals surface area contributed by atoms with E-state index in [1.54, 1.807) is 0 Å². The number of carbonyl (C=O) groups is 2. The smallest absolute Gasteiger partial charge is 0.250 e. The van der Waals surface area contributed by atoms with Crippen molar-refractivity contribution in [2.45, 2.75) is 78.6 Å². The molecule has 1 rings (SSSR count). The van der Waals surface area contributed by atoms with Gasteiger partial charge in [-0.15, -0.1) is 0 Å². The molecule has 0 saturated heterocycles. The Morgan fingerprint density at radius 2 is 1.84 bits per heavy atom. The average Bonchev–Trinajstić information content (AvgIpc) is 2.48. The number of nitrogens with zero attached hydrogens (tertiary/aromatic N) is 1. The van der Waals surface area contributed by atoms with Crippen molar-refractivity contribution in [3.63, 3.8) is 0 Å². The lowest BCUT2D eigenvalue weighted by Crippen LogP contribution is -2.49. The molecule has 0 saturated carbocycles. The minimum absolute atomic E-state index is 0.0930. The van der Waals surface area contributed by atoms with E-state index in [9.17, 15) is 9.59 Å². The van der Waals surface area contributed by atoms with Crippen LogP contribution < -0.4 is 5.32 Å². The van der Waals surface area contributed by atoms with Crippen molar-refractivity contribution in [3.8, 4) is 0 Å². The van der Waals surface area contributed by atoms with Crippen molar-refractivity contribution < 1.29 is 14.0 Å². The molecule has 0 bridgehead atoms. The second kappa shape index (κ2) is 8.38. The largest absolute Gasteiger partial charge is 0.547 e. The SMILES string of the molecule is CCN(CC)C(=O)[C@@H]1CC(O[Si](C)(C)C(C)(C)C)=CC[C@H]1NC(C)=O. The first-order chi connectivity index (χ1) is 11.4. The molecule has 2 atom stereocenters. The van der Waals surface area contributed by atoms with Gasteiger partial charge in [-0.05, 0) is 44.5 Å². The molecule has 6 heteroatoms. The summed E-state index contributed by atoms with van der Waals surface area (Å²) in [6.07, 6.45) is 3.26. The third-order valence-electron chi connectivity index (χ3n) is 5.48. The lowest BCUT2D eigenvalue weighted by atomic mass is 9.86. The Labute approximate surface area is 154 Å². The molecule has 0 radical (unpaired) electrons. The third-order valence-corrected chi connectivity index (χ3v) is 9.86. The summed E-state index contributed by atoms with van der Waals surface area (Å²) in [7, 11) is -1.94. The molecule has 0 aromatic rings. The van der Waals surface area contributed by atoms with E-state index in [1.165, 1.54) is 6.92 Å². The molecule has 0 fully saturated rings. The molecule has 0 aromatic heterocycles. The number of nitrogens with one attached hydrogen (secondary N) is 1. The van der Waals surface area contributed by atoms with E-state index in [-0.39, 0.29) is 28.8 Å². The third kappa shape index (κ3) is 5.59. The van der Waals surface area contributed by atoms with E-state index in [0.29, 0.717) is 25.9 Å². The van der Waals surface area contributed by atoms with Crippen molar-refractivity contribution in [1.29, 1.82) is 0 Å². The van der Waals surface area contributed by atoms with Crippen LogP contribution in [0.1, 0.15) is 54.4 Å². The summed E-state index contributed by atoms with van der Waals surface area (Å²) < 4.78 is 6.44. The van der Waals surface area contributed by atoms with E-state index >= 15 is 0 Å². The topological polar surface area (TPSA) is 58.6 Å². The van der Waals surface area contributed by atoms with Gasteiger partial charge >= 0.3 is 0 Å². The summed E-state index contributed by atoms with van der Waals surface area (Å²) in [6.45, 7) is 17.9. The maximum Gasteiger partial charge on any atom is 0.250 e. The fourth-order valence-electron chi connectivity index (χ4n) is 2.88. The van der Waals surface area contributed by atoms with Crippen molar-refractivity contribution >= 4 is 20.1 Å². The number of carbonyl (C=O) groups excluding carboxylic acids is 2. The van der Waals surface area contributed by atoms with Crippen LogP contribution in [-0.4, -0.2) is 44.2 Å². The van der Waals surface area contributed by atoms with Gasteiger partial charge in [0.05, 0.1) is 11.7 Å². The maximum absolute atomic E-state index is 13.0. The van der Waals surface area contributed by atoms with Crippen LogP contribution in [0.15, 0.2) is 11.8 Å². The monoisotopic (exact) mass is 368 g/mol. The summed E-state index contributed by atoms with van der Waals surface area (Å²) in [6, 6.07) is -0.155. The molecule has 0 heterocycles. The molecule has 25 heavy (non-hydrogen) atoms. The predicted octanol–water partition coefficient (Wildman–Crippen LogP) is 3.68. The van der Waals surface area contributed by atoms with Gasteiger partial charge in [0.15, 0.2) is 0 Å². The van der Waals surface area contributed by atoms with Crippen LogP contribution in [0, 0.1) is 5.92 Å². The first kappa shape index (κ1) is 21.7. The first-order valence-electron chi connectivity index (χ1n) is 9.36. The average molecular weight is 369 g/mol. The van der Waals surface area contributed by atoms with E-state index < -0.39 is 8.32 Å². The molecule has 2 amide bonds. The highest BCUT2D eigenvalue weighted by Gasteiger charge is 2.42. The molecule has 0 aromatic carbocycles. The summed E-state index contributed by atoms with van der Waals surface area (Å²) in [5.41, 5.74) is 0. The second-order valence-electron chi connectivity index (χ2n) is 8.40. The molecular formula is C19H36N2O3Si. The van der Waals surface area contributed by atoms with Crippen molar-refractivity contribution in [2.24, 2.45) is 5.92 Å². The van der Waals surface area contributed by atoms with E-state index in [2.05, 4.69) is 45.3 Å². The van der Waals surface area contributed by atoms with Gasteiger partial charge in [-0.25, -0.2) is 0 Å². The van der Waals surface area contributed by atoms with Crippen LogP contribution in [-0.2, 0) is 14.0 Å². The Morgan fingerprint density at radius 3 is 2.28 bits per heavy atom. The van der Waals surface area contributed by atoms with Gasteiger partial charge in [-0.3, -0.25) is 9.59 Å². The fraction of sp³-hybridized carbons (Fsp3) is 0.789. The van der Waals surface area contributed by atoms with E-state index in [4.69, 9.17) is 4.43 Å². The van der Waals surface area contributed by atoms with Crippen LogP contribution in [0.25, 0.3) is 0 Å². The van der Waals surface area contributed by atoms with Gasteiger partial charge < -0.3 is 14.6 Å². The highest BCUT2D eigenvalue weighted by atomic mass is 28.4. The molecule has 1 N–H and O–H groups in total. The Kier molecular flexibility index (Phi) is 7.29. The van der Waals surface area contributed by atoms with Gasteiger partial charge in [0.2, 0.25) is 20.1 Å². The molecule has 1 aliphatic carbocycles. The standard InChI is InChI=1S/C19H36N2O3Si/c1-9-21(10-2)18(23)16-13-15(11-12-17(16)20-14(3)22)24-25(7,8)19(4,5)6/h11,16-17H,9-10,12-13H2,1-8H3,(H,20,22)/t16-,17-/m1/s1. The van der Waals surface area contributed by atoms with Gasteiger partial charge in [0.1, 0.15) is 0 Å². The normalized spacial score (nSPS) is 21.4. The zero-order valence-electron chi connectivity index (χ0n) is 17.2. The van der Waals surface area contributed by atoms with Gasteiger partial charge in [-0.1, -0.05) is 20.8 Å². The molecule has 5 nitrogen and oxygen atoms in total. The Hall–Kier alpha value is -1.30. The lowest BCUT2D eigenvalue weighted by Gasteiger charge is -2.40. The molecule has 0 spiro atoms. The number of rotatable bonds is 6. The number of allylic oxidation sites excluding steroid dienone is 1. The van der Waals surface area contributed by atoms with Crippen LogP contribution in [0.3, 0.4) is 0 Å². The molecule has 1 aliphatic rings. The van der Waals surface area contributed by atoms with E-state index in [0.717, 1.165) is 5.76 Å². The van der Waals surface area contributed by atoms with Gasteiger partial charge in [0, 0.05) is 32.5 Å². The molecule has 0 aliphatic heterocycles. The van der Waals surface area contributed by atoms with Crippen molar-refractivity contribution in [3.05, 3.63) is 11.8 Å². The summed E-state index contributed by atoms with van der Waals surface area (Å²) in [5, 5.41) is 3.07. The molecular weight excluding hydrogens is 332 g/mol. The lowest BCUT2D eigenvalue weighted by molar-refractivity contribution is -0.137. The Morgan fingerprint density at radius 1 is 1.28 bits per heavy atom. The Balaban J connectivity index is 3.02. The van der Waals surface area contributed by atoms with Crippen LogP contribution >= 0.6 is 0 Å². The minimum atomic E-state index is -1.94. The summed E-state index contributed by atoms with van der Waals surface area (Å²) in [5.74, 6) is 0.671. The van der Waals surface area contributed by atoms with Crippen LogP contribution in [0.5, 0.6) is 0 Å². The number of amides is 2.